The van der Waals surface area contributed by atoms with Crippen LogP contribution in [0, 0.1) is 22.7 Å². The van der Waals surface area contributed by atoms with Crippen LogP contribution in [0.25, 0.3) is 16.3 Å². The van der Waals surface area contributed by atoms with Gasteiger partial charge in [0.05, 0.1) is 13.3 Å². The molecule has 0 atom stereocenters. The van der Waals surface area contributed by atoms with Crippen molar-refractivity contribution >= 4 is 22.0 Å². The van der Waals surface area contributed by atoms with Gasteiger partial charge >= 0.3 is 0 Å². The molecule has 5 heteroatoms. The zero-order chi connectivity index (χ0) is 18.9. The van der Waals surface area contributed by atoms with Crippen LogP contribution in [0.3, 0.4) is 0 Å². The topological polar surface area (TPSA) is 60.0 Å². The predicted octanol–water partition coefficient (Wildman–Crippen LogP) is 4.47. The molecule has 0 N–H and O–H groups in total. The largest absolute Gasteiger partial charge is 0.380 e. The minimum absolute atomic E-state index is 0.133. The van der Waals surface area contributed by atoms with E-state index in [1.807, 2.05) is 49.5 Å². The summed E-state index contributed by atoms with van der Waals surface area (Å²) in [5.74, 6) is 0. The third kappa shape index (κ3) is 4.81. The molecule has 26 heavy (non-hydrogen) atoms. The number of anilines is 1. The second kappa shape index (κ2) is 9.56. The van der Waals surface area contributed by atoms with E-state index in [9.17, 15) is 4.39 Å². The Kier molecular flexibility index (Phi) is 7.14. The number of fused-ring (bicyclic) bond motifs is 1. The van der Waals surface area contributed by atoms with Crippen molar-refractivity contribution in [1.82, 2.24) is 0 Å². The number of allylic oxidation sites excluding steroid dienone is 2. The summed E-state index contributed by atoms with van der Waals surface area (Å²) < 4.78 is 17.4. The van der Waals surface area contributed by atoms with E-state index >= 15 is 0 Å². The number of hydrogen-bond donors (Lipinski definition) is 0. The molecule has 0 spiro atoms. The van der Waals surface area contributed by atoms with Gasteiger partial charge in [0, 0.05) is 25.9 Å². The lowest BCUT2D eigenvalue weighted by Crippen LogP contribution is -2.22. The number of rotatable bonds is 8. The fraction of sp³-hybridized carbons (Fsp3) is 0.333. The number of benzene rings is 2. The molecule has 0 unspecified atom stereocenters. The summed E-state index contributed by atoms with van der Waals surface area (Å²) in [5.41, 5.74) is 2.76. The Balaban J connectivity index is 2.15. The predicted molar refractivity (Wildman–Crippen MR) is 102 cm³/mol. The highest BCUT2D eigenvalue weighted by Gasteiger charge is 2.07. The minimum Gasteiger partial charge on any atom is -0.380 e. The number of ether oxygens (including phenoxy) is 1. The van der Waals surface area contributed by atoms with Gasteiger partial charge in [-0.2, -0.15) is 10.5 Å². The van der Waals surface area contributed by atoms with Crippen molar-refractivity contribution in [1.29, 1.82) is 10.5 Å². The summed E-state index contributed by atoms with van der Waals surface area (Å²) in [6.07, 6.45) is 0.440. The van der Waals surface area contributed by atoms with Gasteiger partial charge in [-0.3, -0.25) is 4.39 Å². The van der Waals surface area contributed by atoms with Crippen molar-refractivity contribution in [3.63, 3.8) is 0 Å². The number of hydrogen-bond acceptors (Lipinski definition) is 4. The number of alkyl halides is 1. The first kappa shape index (κ1) is 19.4. The van der Waals surface area contributed by atoms with Gasteiger partial charge < -0.3 is 9.64 Å². The minimum atomic E-state index is -0.346. The molecule has 4 nitrogen and oxygen atoms in total. The summed E-state index contributed by atoms with van der Waals surface area (Å²) in [7, 11) is 1.99. The third-order valence-corrected chi connectivity index (χ3v) is 4.29. The first-order valence-electron chi connectivity index (χ1n) is 8.50. The molecule has 2 aromatic rings. The SMILES string of the molecule is CC(=C(C#N)C#N)c1ccc2cc(N(C)CCOCCCF)ccc2c1. The Bertz CT molecular complexity index is 861. The van der Waals surface area contributed by atoms with Crippen LogP contribution in [0.5, 0.6) is 0 Å². The van der Waals surface area contributed by atoms with Gasteiger partial charge in [-0.15, -0.1) is 0 Å². The molecule has 0 saturated carbocycles. The molecule has 0 aliphatic carbocycles. The van der Waals surface area contributed by atoms with E-state index in [1.54, 1.807) is 6.92 Å². The lowest BCUT2D eigenvalue weighted by Gasteiger charge is -2.20. The highest BCUT2D eigenvalue weighted by molar-refractivity contribution is 5.89. The summed E-state index contributed by atoms with van der Waals surface area (Å²) in [4.78, 5) is 2.09. The molecule has 2 rings (SSSR count). The van der Waals surface area contributed by atoms with Gasteiger partial charge in [0.25, 0.3) is 0 Å². The van der Waals surface area contributed by atoms with Gasteiger partial charge in [-0.1, -0.05) is 18.2 Å². The van der Waals surface area contributed by atoms with Crippen LogP contribution >= 0.6 is 0 Å². The van der Waals surface area contributed by atoms with Crippen LogP contribution in [0.4, 0.5) is 10.1 Å². The standard InChI is InChI=1S/C21H22FN3O/c1-16(20(14-23)15-24)17-4-5-19-13-21(7-6-18(19)12-17)25(2)9-11-26-10-3-8-22/h4-7,12-13H,3,8-11H2,1-2H3. The van der Waals surface area contributed by atoms with Crippen molar-refractivity contribution in [2.24, 2.45) is 0 Å². The highest BCUT2D eigenvalue weighted by atomic mass is 19.1. The average molecular weight is 351 g/mol. The van der Waals surface area contributed by atoms with Gasteiger partial charge in [-0.25, -0.2) is 0 Å². The Morgan fingerprint density at radius 1 is 1.08 bits per heavy atom. The number of nitriles is 2. The first-order valence-corrected chi connectivity index (χ1v) is 8.50. The zero-order valence-corrected chi connectivity index (χ0v) is 15.1. The van der Waals surface area contributed by atoms with E-state index in [1.165, 1.54) is 0 Å². The number of halogens is 1. The first-order chi connectivity index (χ1) is 12.6. The maximum absolute atomic E-state index is 12.0. The lowest BCUT2D eigenvalue weighted by atomic mass is 9.99. The maximum atomic E-state index is 12.0. The van der Waals surface area contributed by atoms with Gasteiger partial charge in [0.15, 0.2) is 0 Å². The molecule has 0 aliphatic heterocycles. The molecular formula is C21H22FN3O. The zero-order valence-electron chi connectivity index (χ0n) is 15.1. The van der Waals surface area contributed by atoms with Crippen LogP contribution < -0.4 is 4.90 Å². The molecular weight excluding hydrogens is 329 g/mol. The van der Waals surface area contributed by atoms with Crippen molar-refractivity contribution in [2.75, 3.05) is 38.4 Å². The molecule has 0 aliphatic rings. The molecule has 0 radical (unpaired) electrons. The highest BCUT2D eigenvalue weighted by Crippen LogP contribution is 2.26. The molecule has 0 aromatic heterocycles. The van der Waals surface area contributed by atoms with E-state index in [0.29, 0.717) is 25.2 Å². The third-order valence-electron chi connectivity index (χ3n) is 4.29. The van der Waals surface area contributed by atoms with E-state index in [4.69, 9.17) is 15.3 Å². The second-order valence-corrected chi connectivity index (χ2v) is 6.05. The van der Waals surface area contributed by atoms with Gasteiger partial charge in [-0.05, 0) is 53.5 Å². The average Bonchev–Trinajstić information content (AvgIpc) is 2.67. The van der Waals surface area contributed by atoms with E-state index in [2.05, 4.69) is 11.0 Å². The molecule has 0 amide bonds. The van der Waals surface area contributed by atoms with Crippen LogP contribution in [0.15, 0.2) is 42.0 Å². The molecule has 0 bridgehead atoms. The van der Waals surface area contributed by atoms with Crippen LogP contribution in [-0.2, 0) is 4.74 Å². The Hall–Kier alpha value is -2.89. The number of nitrogens with zero attached hydrogens (tertiary/aromatic N) is 3. The summed E-state index contributed by atoms with van der Waals surface area (Å²) >= 11 is 0. The Labute approximate surface area is 153 Å². The molecule has 0 fully saturated rings. The smallest absolute Gasteiger partial charge is 0.133 e. The van der Waals surface area contributed by atoms with E-state index < -0.39 is 0 Å². The fourth-order valence-electron chi connectivity index (χ4n) is 2.63. The monoisotopic (exact) mass is 351 g/mol. The molecule has 0 heterocycles. The van der Waals surface area contributed by atoms with Crippen molar-refractivity contribution in [3.8, 4) is 12.1 Å². The van der Waals surface area contributed by atoms with Crippen LogP contribution in [0.1, 0.15) is 18.9 Å². The van der Waals surface area contributed by atoms with Crippen LogP contribution in [0.2, 0.25) is 0 Å². The van der Waals surface area contributed by atoms with Crippen molar-refractivity contribution in [3.05, 3.63) is 47.5 Å². The summed E-state index contributed by atoms with van der Waals surface area (Å²) in [6, 6.07) is 15.9. The Morgan fingerprint density at radius 2 is 1.77 bits per heavy atom. The number of likely N-dealkylation sites (N-methyl/N-ethyl adjacent to an activating group) is 1. The molecule has 2 aromatic carbocycles. The Morgan fingerprint density at radius 3 is 2.46 bits per heavy atom. The van der Waals surface area contributed by atoms with Crippen LogP contribution in [-0.4, -0.2) is 33.5 Å². The van der Waals surface area contributed by atoms with Gasteiger partial charge in [0.1, 0.15) is 17.7 Å². The quantitative estimate of drug-likeness (QED) is 0.520. The fourth-order valence-corrected chi connectivity index (χ4v) is 2.63. The molecule has 134 valence electrons. The van der Waals surface area contributed by atoms with Crippen molar-refractivity contribution < 1.29 is 9.13 Å². The normalized spacial score (nSPS) is 10.2. The second-order valence-electron chi connectivity index (χ2n) is 6.05. The van der Waals surface area contributed by atoms with Gasteiger partial charge in [0.2, 0.25) is 0 Å². The summed E-state index contributed by atoms with van der Waals surface area (Å²) in [5, 5.41) is 20.2. The van der Waals surface area contributed by atoms with E-state index in [0.717, 1.165) is 28.6 Å². The molecule has 0 saturated heterocycles. The summed E-state index contributed by atoms with van der Waals surface area (Å²) in [6.45, 7) is 3.18. The van der Waals surface area contributed by atoms with Crippen molar-refractivity contribution in [2.45, 2.75) is 13.3 Å². The lowest BCUT2D eigenvalue weighted by molar-refractivity contribution is 0.133. The maximum Gasteiger partial charge on any atom is 0.133 e. The van der Waals surface area contributed by atoms with E-state index in [-0.39, 0.29) is 12.2 Å².